The van der Waals surface area contributed by atoms with Crippen LogP contribution in [0.25, 0.3) is 22.2 Å². The maximum Gasteiger partial charge on any atom is 0.255 e. The van der Waals surface area contributed by atoms with Crippen molar-refractivity contribution in [2.75, 3.05) is 16.9 Å². The molecule has 0 aliphatic rings. The number of hydrogen-bond donors (Lipinski definition) is 2. The van der Waals surface area contributed by atoms with Gasteiger partial charge in [0.25, 0.3) is 15.9 Å². The van der Waals surface area contributed by atoms with E-state index in [2.05, 4.69) is 25.7 Å². The van der Waals surface area contributed by atoms with Crippen LogP contribution < -0.4 is 10.6 Å². The number of carbonyl (C=O) groups is 1. The van der Waals surface area contributed by atoms with Crippen molar-refractivity contribution in [2.45, 2.75) is 13.8 Å². The Morgan fingerprint density at radius 1 is 0.892 bits per heavy atom. The van der Waals surface area contributed by atoms with Gasteiger partial charge in [0.1, 0.15) is 0 Å². The van der Waals surface area contributed by atoms with Gasteiger partial charge in [-0.15, -0.1) is 0 Å². The Balaban J connectivity index is 1.42. The largest absolute Gasteiger partial charge is 0.324 e. The lowest BCUT2D eigenvalue weighted by molar-refractivity contribution is 0.102. The van der Waals surface area contributed by atoms with Gasteiger partial charge in [0.05, 0.1) is 29.9 Å². The monoisotopic (exact) mass is 512 g/mol. The van der Waals surface area contributed by atoms with Crippen LogP contribution in [0.1, 0.15) is 21.5 Å². The first kappa shape index (κ1) is 24.1. The van der Waals surface area contributed by atoms with E-state index in [1.54, 1.807) is 24.3 Å². The summed E-state index contributed by atoms with van der Waals surface area (Å²) < 4.78 is 24.7. The summed E-state index contributed by atoms with van der Waals surface area (Å²) in [6.45, 7) is 3.92. The summed E-state index contributed by atoms with van der Waals surface area (Å²) in [4.78, 5) is 22.0. The number of benzene rings is 3. The van der Waals surface area contributed by atoms with Gasteiger partial charge in [0.2, 0.25) is 5.95 Å². The molecule has 0 atom stereocenters. The van der Waals surface area contributed by atoms with E-state index in [1.165, 1.54) is 12.4 Å². The average molecular weight is 513 g/mol. The quantitative estimate of drug-likeness (QED) is 0.332. The van der Waals surface area contributed by atoms with Gasteiger partial charge in [-0.1, -0.05) is 36.4 Å². The molecule has 0 radical (unpaired) electrons. The van der Waals surface area contributed by atoms with E-state index in [9.17, 15) is 13.2 Å². The molecule has 0 aliphatic heterocycles. The first-order valence-electron chi connectivity index (χ1n) is 11.5. The molecule has 0 spiro atoms. The SMILES string of the molecule is Cc1cccc(C)c1NC(=O)c1ccc(Nc2nc(-c3cnn(S(C)(=O)=O)c3)c3ccccc3n2)cc1. The van der Waals surface area contributed by atoms with Crippen LogP contribution in [0.5, 0.6) is 0 Å². The molecule has 5 aromatic rings. The summed E-state index contributed by atoms with van der Waals surface area (Å²) in [6.07, 6.45) is 3.97. The lowest BCUT2D eigenvalue weighted by Crippen LogP contribution is -2.13. The molecule has 1 amide bonds. The Labute approximate surface area is 214 Å². The third kappa shape index (κ3) is 5.05. The fourth-order valence-electron chi connectivity index (χ4n) is 3.99. The van der Waals surface area contributed by atoms with E-state index in [0.717, 1.165) is 32.5 Å². The molecule has 0 saturated carbocycles. The number of hydrogen-bond acceptors (Lipinski definition) is 7. The Morgan fingerprint density at radius 2 is 1.59 bits per heavy atom. The van der Waals surface area contributed by atoms with E-state index in [0.29, 0.717) is 34.0 Å². The minimum absolute atomic E-state index is 0.198. The lowest BCUT2D eigenvalue weighted by Gasteiger charge is -2.12. The topological polar surface area (TPSA) is 119 Å². The van der Waals surface area contributed by atoms with E-state index in [4.69, 9.17) is 0 Å². The van der Waals surface area contributed by atoms with Crippen LogP contribution in [0, 0.1) is 13.8 Å². The van der Waals surface area contributed by atoms with Gasteiger partial charge < -0.3 is 10.6 Å². The molecule has 0 fully saturated rings. The Morgan fingerprint density at radius 3 is 2.27 bits per heavy atom. The van der Waals surface area contributed by atoms with Crippen LogP contribution in [0.15, 0.2) is 79.1 Å². The molecule has 0 bridgehead atoms. The van der Waals surface area contributed by atoms with Crippen LogP contribution in [-0.2, 0) is 10.0 Å². The van der Waals surface area contributed by atoms with Crippen LogP contribution >= 0.6 is 0 Å². The minimum atomic E-state index is -3.52. The Hall–Kier alpha value is -4.57. The molecule has 0 saturated heterocycles. The second kappa shape index (κ2) is 9.47. The summed E-state index contributed by atoms with van der Waals surface area (Å²) in [5.74, 6) is 0.129. The number of carbonyl (C=O) groups excluding carboxylic acids is 1. The van der Waals surface area contributed by atoms with Crippen LogP contribution in [-0.4, -0.2) is 39.7 Å². The number of aryl methyl sites for hydroxylation is 2. The number of fused-ring (bicyclic) bond motifs is 1. The number of rotatable bonds is 6. The van der Waals surface area contributed by atoms with Gasteiger partial charge in [-0.05, 0) is 55.3 Å². The van der Waals surface area contributed by atoms with Gasteiger partial charge in [-0.25, -0.2) is 18.4 Å². The highest BCUT2D eigenvalue weighted by molar-refractivity contribution is 7.89. The third-order valence-corrected chi connectivity index (χ3v) is 6.78. The number of aromatic nitrogens is 4. The van der Waals surface area contributed by atoms with Gasteiger partial charge in [-0.2, -0.15) is 9.19 Å². The van der Waals surface area contributed by atoms with Crippen LogP contribution in [0.4, 0.5) is 17.3 Å². The van der Waals surface area contributed by atoms with Crippen molar-refractivity contribution in [1.82, 2.24) is 19.2 Å². The van der Waals surface area contributed by atoms with Crippen molar-refractivity contribution >= 4 is 44.2 Å². The zero-order valence-electron chi connectivity index (χ0n) is 20.4. The van der Waals surface area contributed by atoms with Crippen molar-refractivity contribution in [1.29, 1.82) is 0 Å². The number of nitrogens with zero attached hydrogens (tertiary/aromatic N) is 4. The number of para-hydroxylation sites is 2. The van der Waals surface area contributed by atoms with Crippen LogP contribution in [0.2, 0.25) is 0 Å². The van der Waals surface area contributed by atoms with E-state index in [1.807, 2.05) is 56.3 Å². The second-order valence-corrected chi connectivity index (χ2v) is 10.5. The molecular weight excluding hydrogens is 488 g/mol. The number of nitrogens with one attached hydrogen (secondary N) is 2. The molecule has 2 N–H and O–H groups in total. The molecule has 9 nitrogen and oxygen atoms in total. The van der Waals surface area contributed by atoms with Crippen molar-refractivity contribution in [3.63, 3.8) is 0 Å². The highest BCUT2D eigenvalue weighted by Gasteiger charge is 2.15. The highest BCUT2D eigenvalue weighted by atomic mass is 32.2. The molecule has 5 rings (SSSR count). The lowest BCUT2D eigenvalue weighted by atomic mass is 10.1. The molecule has 0 unspecified atom stereocenters. The van der Waals surface area contributed by atoms with Crippen molar-refractivity contribution < 1.29 is 13.2 Å². The molecule has 10 heteroatoms. The van der Waals surface area contributed by atoms with E-state index < -0.39 is 10.0 Å². The first-order chi connectivity index (χ1) is 17.7. The molecule has 0 aliphatic carbocycles. The number of amides is 1. The van der Waals surface area contributed by atoms with Gasteiger partial charge in [-0.3, -0.25) is 4.79 Å². The standard InChI is InChI=1S/C27H24N6O3S/c1-17-7-6-8-18(2)24(17)31-26(34)19-11-13-21(14-12-19)29-27-30-23-10-5-4-9-22(23)25(32-27)20-15-28-33(16-20)37(3,35)36/h4-16H,1-3H3,(H,31,34)(H,29,30,32). The van der Waals surface area contributed by atoms with Gasteiger partial charge in [0.15, 0.2) is 0 Å². The fourth-order valence-corrected chi connectivity index (χ4v) is 4.52. The first-order valence-corrected chi connectivity index (χ1v) is 13.3. The summed E-state index contributed by atoms with van der Waals surface area (Å²) in [6, 6.07) is 20.3. The number of anilines is 3. The molecule has 2 aromatic heterocycles. The van der Waals surface area contributed by atoms with Crippen LogP contribution in [0.3, 0.4) is 0 Å². The van der Waals surface area contributed by atoms with Gasteiger partial charge in [0, 0.05) is 27.9 Å². The smallest absolute Gasteiger partial charge is 0.255 e. The highest BCUT2D eigenvalue weighted by Crippen LogP contribution is 2.28. The Bertz CT molecular complexity index is 1720. The van der Waals surface area contributed by atoms with Crippen molar-refractivity contribution in [2.24, 2.45) is 0 Å². The molecule has 3 aromatic carbocycles. The van der Waals surface area contributed by atoms with Gasteiger partial charge >= 0.3 is 0 Å². The van der Waals surface area contributed by atoms with E-state index >= 15 is 0 Å². The summed E-state index contributed by atoms with van der Waals surface area (Å²) in [5, 5.41) is 10.9. The predicted molar refractivity (Wildman–Crippen MR) is 145 cm³/mol. The zero-order valence-corrected chi connectivity index (χ0v) is 21.2. The Kier molecular flexibility index (Phi) is 6.18. The normalized spacial score (nSPS) is 11.4. The average Bonchev–Trinajstić information content (AvgIpc) is 3.37. The molecule has 186 valence electrons. The summed E-state index contributed by atoms with van der Waals surface area (Å²) >= 11 is 0. The van der Waals surface area contributed by atoms with Crippen molar-refractivity contribution in [3.05, 3.63) is 95.8 Å². The molecular formula is C27H24N6O3S. The molecule has 2 heterocycles. The fraction of sp³-hybridized carbons (Fsp3) is 0.111. The maximum absolute atomic E-state index is 12.8. The summed E-state index contributed by atoms with van der Waals surface area (Å²) in [5.41, 5.74) is 5.80. The van der Waals surface area contributed by atoms with Crippen molar-refractivity contribution in [3.8, 4) is 11.3 Å². The second-order valence-electron chi connectivity index (χ2n) is 8.70. The molecule has 37 heavy (non-hydrogen) atoms. The minimum Gasteiger partial charge on any atom is -0.324 e. The summed E-state index contributed by atoms with van der Waals surface area (Å²) in [7, 11) is -3.52. The maximum atomic E-state index is 12.8. The zero-order chi connectivity index (χ0) is 26.2. The predicted octanol–water partition coefficient (Wildman–Crippen LogP) is 4.91. The van der Waals surface area contributed by atoms with E-state index in [-0.39, 0.29) is 5.91 Å². The third-order valence-electron chi connectivity index (χ3n) is 5.90.